The fourth-order valence-electron chi connectivity index (χ4n) is 4.24. The molecule has 3 rings (SSSR count). The monoisotopic (exact) mass is 459 g/mol. The lowest BCUT2D eigenvalue weighted by atomic mass is 9.70. The molecule has 1 fully saturated rings. The third kappa shape index (κ3) is 4.19. The molecular formula is C24H29NO6S. The van der Waals surface area contributed by atoms with Gasteiger partial charge in [0.2, 0.25) is 0 Å². The smallest absolute Gasteiger partial charge is 0.320 e. The molecule has 0 aliphatic carbocycles. The molecule has 2 atom stereocenters. The van der Waals surface area contributed by atoms with Gasteiger partial charge < -0.3 is 29.0 Å². The predicted molar refractivity (Wildman–Crippen MR) is 125 cm³/mol. The Hall–Kier alpha value is -3.00. The Bertz CT molecular complexity index is 994. The molecule has 1 aliphatic heterocycles. The summed E-state index contributed by atoms with van der Waals surface area (Å²) in [6.45, 7) is 2.55. The minimum absolute atomic E-state index is 0.258. The molecule has 0 amide bonds. The van der Waals surface area contributed by atoms with Crippen LogP contribution < -0.4 is 24.3 Å². The minimum atomic E-state index is -1.08. The number of nitrogens with one attached hydrogen (secondary N) is 1. The average Bonchev–Trinajstić information content (AvgIpc) is 3.15. The van der Waals surface area contributed by atoms with Gasteiger partial charge in [0.25, 0.3) is 0 Å². The van der Waals surface area contributed by atoms with Gasteiger partial charge in [-0.1, -0.05) is 24.4 Å². The van der Waals surface area contributed by atoms with Crippen LogP contribution in [0.2, 0.25) is 0 Å². The summed E-state index contributed by atoms with van der Waals surface area (Å²) in [6, 6.07) is 11.3. The molecule has 32 heavy (non-hydrogen) atoms. The van der Waals surface area contributed by atoms with Gasteiger partial charge in [-0.2, -0.15) is 0 Å². The zero-order valence-corrected chi connectivity index (χ0v) is 19.8. The number of hydrogen-bond acceptors (Lipinski definition) is 7. The summed E-state index contributed by atoms with van der Waals surface area (Å²) in [4.78, 5) is 13.9. The topological polar surface area (TPSA) is 75.3 Å². The van der Waals surface area contributed by atoms with Crippen LogP contribution in [0.1, 0.15) is 24.0 Å². The maximum Gasteiger partial charge on any atom is 0.320 e. The Labute approximate surface area is 193 Å². The highest BCUT2D eigenvalue weighted by Crippen LogP contribution is 2.47. The van der Waals surface area contributed by atoms with Gasteiger partial charge in [0.1, 0.15) is 5.41 Å². The molecule has 1 aliphatic rings. The van der Waals surface area contributed by atoms with Crippen LogP contribution in [-0.4, -0.2) is 52.5 Å². The van der Waals surface area contributed by atoms with Gasteiger partial charge in [-0.3, -0.25) is 4.79 Å². The van der Waals surface area contributed by atoms with Gasteiger partial charge in [0, 0.05) is 12.5 Å². The van der Waals surface area contributed by atoms with Crippen LogP contribution in [0.3, 0.4) is 0 Å². The van der Waals surface area contributed by atoms with E-state index < -0.39 is 5.41 Å². The number of esters is 1. The minimum Gasteiger partial charge on any atom is -0.493 e. The molecule has 1 N–H and O–H groups in total. The van der Waals surface area contributed by atoms with Crippen molar-refractivity contribution in [2.75, 3.05) is 41.6 Å². The highest BCUT2D eigenvalue weighted by molar-refractivity contribution is 7.80. The van der Waals surface area contributed by atoms with Crippen molar-refractivity contribution in [1.82, 2.24) is 5.32 Å². The molecule has 8 heteroatoms. The summed E-state index contributed by atoms with van der Waals surface area (Å²) in [7, 11) is 6.34. The van der Waals surface area contributed by atoms with E-state index in [-0.39, 0.29) is 18.5 Å². The summed E-state index contributed by atoms with van der Waals surface area (Å²) < 4.78 is 27.2. The second kappa shape index (κ2) is 10.1. The van der Waals surface area contributed by atoms with Crippen LogP contribution in [0.5, 0.6) is 23.0 Å². The molecule has 2 aromatic carbocycles. The van der Waals surface area contributed by atoms with Gasteiger partial charge in [-0.05, 0) is 48.7 Å². The van der Waals surface area contributed by atoms with Crippen molar-refractivity contribution in [2.45, 2.75) is 19.3 Å². The summed E-state index contributed by atoms with van der Waals surface area (Å²) in [5, 5.41) is 3.24. The van der Waals surface area contributed by atoms with Crippen molar-refractivity contribution in [2.24, 2.45) is 5.41 Å². The van der Waals surface area contributed by atoms with Crippen molar-refractivity contribution < 1.29 is 28.5 Å². The second-order valence-corrected chi connectivity index (χ2v) is 7.84. The summed E-state index contributed by atoms with van der Waals surface area (Å²) in [5.41, 5.74) is 0.709. The van der Waals surface area contributed by atoms with Crippen molar-refractivity contribution >= 4 is 23.2 Å². The van der Waals surface area contributed by atoms with Gasteiger partial charge in [0.05, 0.1) is 40.0 Å². The number of thiocarbonyl (C=S) groups is 1. The van der Waals surface area contributed by atoms with Crippen LogP contribution in [0.4, 0.5) is 0 Å². The first kappa shape index (κ1) is 23.7. The lowest BCUT2D eigenvalue weighted by Crippen LogP contribution is -2.44. The Morgan fingerprint density at radius 1 is 0.969 bits per heavy atom. The van der Waals surface area contributed by atoms with E-state index in [1.807, 2.05) is 36.4 Å². The Morgan fingerprint density at radius 3 is 2.16 bits per heavy atom. The van der Waals surface area contributed by atoms with Crippen LogP contribution in [0.25, 0.3) is 0 Å². The molecule has 0 aromatic heterocycles. The van der Waals surface area contributed by atoms with E-state index in [4.69, 9.17) is 35.9 Å². The van der Waals surface area contributed by atoms with E-state index in [9.17, 15) is 4.79 Å². The van der Waals surface area contributed by atoms with Gasteiger partial charge >= 0.3 is 5.97 Å². The van der Waals surface area contributed by atoms with E-state index in [1.54, 1.807) is 35.4 Å². The number of methoxy groups -OCH3 is 4. The van der Waals surface area contributed by atoms with Crippen LogP contribution >= 0.6 is 12.2 Å². The van der Waals surface area contributed by atoms with Gasteiger partial charge in [-0.25, -0.2) is 0 Å². The first-order valence-corrected chi connectivity index (χ1v) is 10.7. The zero-order valence-electron chi connectivity index (χ0n) is 19.0. The first-order valence-electron chi connectivity index (χ1n) is 10.3. The van der Waals surface area contributed by atoms with Crippen molar-refractivity contribution in [3.05, 3.63) is 47.5 Å². The Morgan fingerprint density at radius 2 is 1.56 bits per heavy atom. The van der Waals surface area contributed by atoms with Crippen molar-refractivity contribution in [1.29, 1.82) is 0 Å². The fraction of sp³-hybridized carbons (Fsp3) is 0.417. The van der Waals surface area contributed by atoms with Crippen LogP contribution in [0.15, 0.2) is 36.4 Å². The predicted octanol–water partition coefficient (Wildman–Crippen LogP) is 3.53. The van der Waals surface area contributed by atoms with E-state index in [2.05, 4.69) is 5.32 Å². The lowest BCUT2D eigenvalue weighted by molar-refractivity contribution is -0.151. The SMILES string of the molecule is CCOC(=O)C1(Cc2ccc(OC)c(OC)c2)C(=S)NCC1c1ccc(OC)c(OC)c1. The van der Waals surface area contributed by atoms with Gasteiger partial charge in [-0.15, -0.1) is 0 Å². The molecule has 0 radical (unpaired) electrons. The molecular weight excluding hydrogens is 430 g/mol. The second-order valence-electron chi connectivity index (χ2n) is 7.43. The maximum absolute atomic E-state index is 13.5. The highest BCUT2D eigenvalue weighted by atomic mass is 32.1. The Balaban J connectivity index is 2.11. The maximum atomic E-state index is 13.5. The molecule has 2 unspecified atom stereocenters. The van der Waals surface area contributed by atoms with E-state index in [0.29, 0.717) is 41.0 Å². The highest BCUT2D eigenvalue weighted by Gasteiger charge is 2.55. The molecule has 0 saturated carbocycles. The Kier molecular flexibility index (Phi) is 7.45. The van der Waals surface area contributed by atoms with E-state index in [1.165, 1.54) is 0 Å². The summed E-state index contributed by atoms with van der Waals surface area (Å²) in [5.74, 6) is 1.79. The van der Waals surface area contributed by atoms with E-state index >= 15 is 0 Å². The molecule has 0 spiro atoms. The van der Waals surface area contributed by atoms with E-state index in [0.717, 1.165) is 11.1 Å². The molecule has 7 nitrogen and oxygen atoms in total. The lowest BCUT2D eigenvalue weighted by Gasteiger charge is -2.32. The third-order valence-corrected chi connectivity index (χ3v) is 6.36. The summed E-state index contributed by atoms with van der Waals surface area (Å²) >= 11 is 5.72. The zero-order chi connectivity index (χ0) is 23.3. The average molecular weight is 460 g/mol. The van der Waals surface area contributed by atoms with Crippen LogP contribution in [-0.2, 0) is 16.0 Å². The fourth-order valence-corrected chi connectivity index (χ4v) is 4.62. The largest absolute Gasteiger partial charge is 0.493 e. The van der Waals surface area contributed by atoms with Crippen molar-refractivity contribution in [3.63, 3.8) is 0 Å². The van der Waals surface area contributed by atoms with Crippen molar-refractivity contribution in [3.8, 4) is 23.0 Å². The van der Waals surface area contributed by atoms with Crippen LogP contribution in [0, 0.1) is 5.41 Å². The molecule has 2 aromatic rings. The number of ether oxygens (including phenoxy) is 5. The molecule has 1 heterocycles. The standard InChI is InChI=1S/C24H29NO6S/c1-6-31-23(26)24(13-15-7-9-18(27-2)20(11-15)29-4)17(14-25-22(24)32)16-8-10-19(28-3)21(12-16)30-5/h7-12,17H,6,13-14H2,1-5H3,(H,25,32). The number of rotatable bonds is 9. The summed E-state index contributed by atoms with van der Waals surface area (Å²) in [6.07, 6.45) is 0.344. The normalized spacial score (nSPS) is 19.8. The molecule has 172 valence electrons. The number of carbonyl (C=O) groups excluding carboxylic acids is 1. The first-order chi connectivity index (χ1) is 15.4. The number of carbonyl (C=O) groups is 1. The van der Waals surface area contributed by atoms with Gasteiger partial charge in [0.15, 0.2) is 23.0 Å². The molecule has 0 bridgehead atoms. The number of hydrogen-bond donors (Lipinski definition) is 1. The number of benzene rings is 2. The molecule has 1 saturated heterocycles. The quantitative estimate of drug-likeness (QED) is 0.451. The third-order valence-electron chi connectivity index (χ3n) is 5.85.